The SMILES string of the molecule is CN(C)C(=O)c1ccc(NS)cc1. The van der Waals surface area contributed by atoms with Gasteiger partial charge in [-0.15, -0.1) is 0 Å². The molecule has 0 bridgehead atoms. The number of carbonyl (C=O) groups excluding carboxylic acids is 1. The van der Waals surface area contributed by atoms with Gasteiger partial charge in [-0.25, -0.2) is 0 Å². The van der Waals surface area contributed by atoms with E-state index in [0.717, 1.165) is 5.69 Å². The van der Waals surface area contributed by atoms with Crippen molar-refractivity contribution in [3.63, 3.8) is 0 Å². The minimum absolute atomic E-state index is 0.00529. The van der Waals surface area contributed by atoms with Gasteiger partial charge in [-0.2, -0.15) is 0 Å². The molecule has 1 aromatic carbocycles. The van der Waals surface area contributed by atoms with Crippen molar-refractivity contribution in [1.29, 1.82) is 0 Å². The number of rotatable bonds is 2. The molecule has 13 heavy (non-hydrogen) atoms. The largest absolute Gasteiger partial charge is 0.345 e. The maximum absolute atomic E-state index is 11.4. The van der Waals surface area contributed by atoms with Gasteiger partial charge in [0.15, 0.2) is 0 Å². The van der Waals surface area contributed by atoms with Crippen molar-refractivity contribution in [2.24, 2.45) is 0 Å². The number of anilines is 1. The molecule has 0 atom stereocenters. The van der Waals surface area contributed by atoms with Gasteiger partial charge in [-0.05, 0) is 24.3 Å². The van der Waals surface area contributed by atoms with Crippen LogP contribution >= 0.6 is 12.8 Å². The number of nitrogens with zero attached hydrogens (tertiary/aromatic N) is 1. The van der Waals surface area contributed by atoms with Crippen LogP contribution in [0, 0.1) is 0 Å². The molecule has 4 heteroatoms. The first kappa shape index (κ1) is 9.92. The lowest BCUT2D eigenvalue weighted by Gasteiger charge is -2.10. The van der Waals surface area contributed by atoms with Crippen LogP contribution in [0.4, 0.5) is 5.69 Å². The fraction of sp³-hybridized carbons (Fsp3) is 0.222. The van der Waals surface area contributed by atoms with E-state index in [1.807, 2.05) is 12.1 Å². The number of carbonyl (C=O) groups is 1. The normalized spacial score (nSPS) is 9.46. The number of hydrogen-bond donors (Lipinski definition) is 2. The second-order valence-electron chi connectivity index (χ2n) is 2.89. The fourth-order valence-corrected chi connectivity index (χ4v) is 1.09. The van der Waals surface area contributed by atoms with Crippen molar-refractivity contribution >= 4 is 24.4 Å². The predicted molar refractivity (Wildman–Crippen MR) is 57.1 cm³/mol. The van der Waals surface area contributed by atoms with Crippen LogP contribution in [0.1, 0.15) is 10.4 Å². The average Bonchev–Trinajstić information content (AvgIpc) is 2.17. The summed E-state index contributed by atoms with van der Waals surface area (Å²) < 4.78 is 2.69. The molecule has 1 aromatic rings. The lowest BCUT2D eigenvalue weighted by Crippen LogP contribution is -2.21. The van der Waals surface area contributed by atoms with Gasteiger partial charge in [-0.3, -0.25) is 4.79 Å². The zero-order chi connectivity index (χ0) is 9.84. The lowest BCUT2D eigenvalue weighted by atomic mass is 10.2. The number of hydrogen-bond acceptors (Lipinski definition) is 3. The molecule has 1 rings (SSSR count). The zero-order valence-electron chi connectivity index (χ0n) is 7.61. The number of thiol groups is 1. The van der Waals surface area contributed by atoms with Crippen molar-refractivity contribution in [2.75, 3.05) is 18.8 Å². The molecule has 0 saturated carbocycles. The molecule has 0 fully saturated rings. The molecule has 0 saturated heterocycles. The second kappa shape index (κ2) is 4.18. The molecule has 0 radical (unpaired) electrons. The van der Waals surface area contributed by atoms with Crippen molar-refractivity contribution in [3.05, 3.63) is 29.8 Å². The van der Waals surface area contributed by atoms with E-state index in [1.165, 1.54) is 0 Å². The summed E-state index contributed by atoms with van der Waals surface area (Å²) in [5.41, 5.74) is 1.55. The lowest BCUT2D eigenvalue weighted by molar-refractivity contribution is 0.0827. The number of benzene rings is 1. The van der Waals surface area contributed by atoms with Gasteiger partial charge in [0.25, 0.3) is 5.91 Å². The van der Waals surface area contributed by atoms with Gasteiger partial charge in [0.05, 0.1) is 0 Å². The van der Waals surface area contributed by atoms with E-state index >= 15 is 0 Å². The molecular formula is C9H12N2OS. The maximum Gasteiger partial charge on any atom is 0.253 e. The Morgan fingerprint density at radius 3 is 2.23 bits per heavy atom. The molecule has 0 aromatic heterocycles. The highest BCUT2D eigenvalue weighted by Crippen LogP contribution is 2.10. The highest BCUT2D eigenvalue weighted by molar-refractivity contribution is 7.81. The van der Waals surface area contributed by atoms with E-state index in [4.69, 9.17) is 0 Å². The number of amides is 1. The molecule has 0 aliphatic carbocycles. The molecule has 0 aliphatic rings. The van der Waals surface area contributed by atoms with Crippen molar-refractivity contribution < 1.29 is 4.79 Å². The van der Waals surface area contributed by atoms with Crippen molar-refractivity contribution in [1.82, 2.24) is 4.90 Å². The maximum atomic E-state index is 11.4. The van der Waals surface area contributed by atoms with Gasteiger partial charge in [-0.1, -0.05) is 12.8 Å². The van der Waals surface area contributed by atoms with Gasteiger partial charge in [0, 0.05) is 25.3 Å². The number of nitrogens with one attached hydrogen (secondary N) is 1. The van der Waals surface area contributed by atoms with Crippen LogP contribution in [0.5, 0.6) is 0 Å². The Balaban J connectivity index is 2.86. The summed E-state index contributed by atoms with van der Waals surface area (Å²) in [6.45, 7) is 0. The Bertz CT molecular complexity index is 295. The minimum Gasteiger partial charge on any atom is -0.345 e. The summed E-state index contributed by atoms with van der Waals surface area (Å²) >= 11 is 3.89. The molecular weight excluding hydrogens is 184 g/mol. The topological polar surface area (TPSA) is 32.3 Å². The molecule has 70 valence electrons. The van der Waals surface area contributed by atoms with Crippen LogP contribution in [-0.4, -0.2) is 24.9 Å². The summed E-state index contributed by atoms with van der Waals surface area (Å²) in [7, 11) is 3.46. The van der Waals surface area contributed by atoms with E-state index in [1.54, 1.807) is 31.1 Å². The summed E-state index contributed by atoms with van der Waals surface area (Å²) in [5, 5.41) is 0. The van der Waals surface area contributed by atoms with E-state index in [-0.39, 0.29) is 5.91 Å². The van der Waals surface area contributed by atoms with Crippen molar-refractivity contribution in [3.8, 4) is 0 Å². The van der Waals surface area contributed by atoms with Crippen molar-refractivity contribution in [2.45, 2.75) is 0 Å². The van der Waals surface area contributed by atoms with Crippen LogP contribution in [0.3, 0.4) is 0 Å². The van der Waals surface area contributed by atoms with Gasteiger partial charge in [0.1, 0.15) is 0 Å². The van der Waals surface area contributed by atoms with E-state index in [0.29, 0.717) is 5.56 Å². The predicted octanol–water partition coefficient (Wildman–Crippen LogP) is 1.65. The summed E-state index contributed by atoms with van der Waals surface area (Å²) in [6.07, 6.45) is 0. The molecule has 0 heterocycles. The van der Waals surface area contributed by atoms with Crippen LogP contribution in [0.2, 0.25) is 0 Å². The molecule has 3 nitrogen and oxygen atoms in total. The van der Waals surface area contributed by atoms with Crippen LogP contribution in [-0.2, 0) is 0 Å². The minimum atomic E-state index is 0.00529. The fourth-order valence-electron chi connectivity index (χ4n) is 0.946. The third-order valence-electron chi connectivity index (χ3n) is 1.67. The summed E-state index contributed by atoms with van der Waals surface area (Å²) in [6, 6.07) is 7.15. The molecule has 0 aliphatic heterocycles. The molecule has 0 unspecified atom stereocenters. The highest BCUT2D eigenvalue weighted by atomic mass is 32.1. The first-order valence-corrected chi connectivity index (χ1v) is 4.31. The van der Waals surface area contributed by atoms with E-state index in [9.17, 15) is 4.79 Å². The van der Waals surface area contributed by atoms with Gasteiger partial charge in [0.2, 0.25) is 0 Å². The molecule has 0 spiro atoms. The molecule has 1 amide bonds. The van der Waals surface area contributed by atoms with Crippen LogP contribution in [0.25, 0.3) is 0 Å². The summed E-state index contributed by atoms with van der Waals surface area (Å²) in [4.78, 5) is 13.0. The summed E-state index contributed by atoms with van der Waals surface area (Å²) in [5.74, 6) is 0.00529. The first-order valence-electron chi connectivity index (χ1n) is 3.87. The average molecular weight is 196 g/mol. The Morgan fingerprint density at radius 2 is 1.85 bits per heavy atom. The Labute approximate surface area is 83.3 Å². The third-order valence-corrected chi connectivity index (χ3v) is 1.93. The van der Waals surface area contributed by atoms with E-state index in [2.05, 4.69) is 17.5 Å². The second-order valence-corrected chi connectivity index (χ2v) is 3.11. The Hall–Kier alpha value is -1.16. The smallest absolute Gasteiger partial charge is 0.253 e. The highest BCUT2D eigenvalue weighted by Gasteiger charge is 2.06. The Kier molecular flexibility index (Phi) is 3.19. The molecule has 1 N–H and O–H groups in total. The zero-order valence-corrected chi connectivity index (χ0v) is 8.51. The standard InChI is InChI=1S/C9H12N2OS/c1-11(2)9(12)7-3-5-8(10-13)6-4-7/h3-6,10,13H,1-2H3. The monoisotopic (exact) mass is 196 g/mol. The van der Waals surface area contributed by atoms with Gasteiger partial charge < -0.3 is 9.62 Å². The van der Waals surface area contributed by atoms with Crippen LogP contribution < -0.4 is 4.72 Å². The quantitative estimate of drug-likeness (QED) is 0.705. The first-order chi connectivity index (χ1) is 6.15. The Morgan fingerprint density at radius 1 is 1.31 bits per heavy atom. The van der Waals surface area contributed by atoms with Gasteiger partial charge >= 0.3 is 0 Å². The van der Waals surface area contributed by atoms with Crippen LogP contribution in [0.15, 0.2) is 24.3 Å². The van der Waals surface area contributed by atoms with E-state index < -0.39 is 0 Å². The third kappa shape index (κ3) is 2.39.